The first kappa shape index (κ1) is 32.1. The maximum Gasteiger partial charge on any atom is 0.309 e. The van der Waals surface area contributed by atoms with Crippen LogP contribution in [0.4, 0.5) is 0 Å². The second-order valence-corrected chi connectivity index (χ2v) is 11.0. The number of hydrogen-bond donors (Lipinski definition) is 2. The highest BCUT2D eigenvalue weighted by Crippen LogP contribution is 2.31. The van der Waals surface area contributed by atoms with Crippen molar-refractivity contribution in [3.63, 3.8) is 0 Å². The number of carbonyl (C=O) groups excluding carboxylic acids is 1. The summed E-state index contributed by atoms with van der Waals surface area (Å²) in [6.45, 7) is 7.46. The van der Waals surface area contributed by atoms with Crippen molar-refractivity contribution in [3.8, 4) is 11.5 Å². The number of unbranched alkanes of at least 4 members (excludes halogenated alkanes) is 1. The van der Waals surface area contributed by atoms with E-state index in [1.807, 2.05) is 48.6 Å². The fraction of sp³-hybridized carbons (Fsp3) is 0.306. The molecule has 0 bridgehead atoms. The van der Waals surface area contributed by atoms with Gasteiger partial charge in [-0.05, 0) is 68.0 Å². The van der Waals surface area contributed by atoms with E-state index in [4.69, 9.17) is 14.6 Å². The average Bonchev–Trinajstić information content (AvgIpc) is 3.25. The molecule has 1 heterocycles. The Bertz CT molecular complexity index is 1670. The SMILES string of the molecule is Cc1cc(C)c(OCCCCOc2ccc(/C=C/c3cccc4c(C(=O)CCC(=O)O)c(CC(=O)O)n(C)c34)cc2)c(C)c1. The molecule has 0 aliphatic heterocycles. The lowest BCUT2D eigenvalue weighted by Gasteiger charge is -2.13. The minimum atomic E-state index is -1.08. The van der Waals surface area contributed by atoms with Gasteiger partial charge in [0.25, 0.3) is 0 Å². The summed E-state index contributed by atoms with van der Waals surface area (Å²) >= 11 is 0. The zero-order valence-electron chi connectivity index (χ0n) is 25.7. The van der Waals surface area contributed by atoms with E-state index in [9.17, 15) is 19.5 Å². The van der Waals surface area contributed by atoms with E-state index in [0.717, 1.165) is 52.1 Å². The normalized spacial score (nSPS) is 11.3. The van der Waals surface area contributed by atoms with Crippen LogP contribution in [-0.4, -0.2) is 45.7 Å². The van der Waals surface area contributed by atoms with Crippen LogP contribution >= 0.6 is 0 Å². The molecule has 0 aliphatic carbocycles. The molecule has 2 N–H and O–H groups in total. The number of rotatable bonds is 15. The fourth-order valence-electron chi connectivity index (χ4n) is 5.56. The number of fused-ring (bicyclic) bond motifs is 1. The fourth-order valence-corrected chi connectivity index (χ4v) is 5.56. The Morgan fingerprint density at radius 3 is 2.11 bits per heavy atom. The Labute approximate surface area is 257 Å². The van der Waals surface area contributed by atoms with Gasteiger partial charge < -0.3 is 24.3 Å². The number of hydrogen-bond acceptors (Lipinski definition) is 5. The van der Waals surface area contributed by atoms with Gasteiger partial charge in [0.2, 0.25) is 0 Å². The zero-order valence-corrected chi connectivity index (χ0v) is 25.7. The Hall–Kier alpha value is -4.85. The molecule has 0 atom stereocenters. The molecule has 0 fully saturated rings. The molecule has 8 nitrogen and oxygen atoms in total. The standard InChI is InChI=1S/C36H39NO7/c1-23-20-24(2)36(25(3)21-23)44-19-6-5-18-43-28-14-11-26(12-15-28)10-13-27-8-7-9-29-34(31(38)16-17-32(39)40)30(22-33(41)42)37(4)35(27)29/h7-15,20-21H,5-6,16-19,22H2,1-4H3,(H,39,40)(H,41,42)/b13-10+. The Morgan fingerprint density at radius 1 is 0.818 bits per heavy atom. The predicted octanol–water partition coefficient (Wildman–Crippen LogP) is 7.19. The second-order valence-electron chi connectivity index (χ2n) is 11.0. The third-order valence-electron chi connectivity index (χ3n) is 7.52. The first-order valence-corrected chi connectivity index (χ1v) is 14.7. The van der Waals surface area contributed by atoms with Crippen LogP contribution in [0.1, 0.15) is 69.6 Å². The topological polar surface area (TPSA) is 115 Å². The number of carboxylic acid groups (broad SMARTS) is 2. The Morgan fingerprint density at radius 2 is 1.48 bits per heavy atom. The van der Waals surface area contributed by atoms with Crippen molar-refractivity contribution in [2.75, 3.05) is 13.2 Å². The van der Waals surface area contributed by atoms with Crippen LogP contribution in [0.5, 0.6) is 11.5 Å². The van der Waals surface area contributed by atoms with Crippen LogP contribution in [-0.2, 0) is 23.1 Å². The van der Waals surface area contributed by atoms with Crippen LogP contribution in [0, 0.1) is 20.8 Å². The molecule has 3 aromatic carbocycles. The summed E-state index contributed by atoms with van der Waals surface area (Å²) in [6.07, 6.45) is 4.77. The molecule has 0 unspecified atom stereocenters. The molecule has 0 amide bonds. The van der Waals surface area contributed by atoms with Crippen LogP contribution in [0.2, 0.25) is 0 Å². The number of aliphatic carboxylic acids is 2. The van der Waals surface area contributed by atoms with E-state index in [-0.39, 0.29) is 30.6 Å². The van der Waals surface area contributed by atoms with Gasteiger partial charge in [-0.15, -0.1) is 0 Å². The minimum absolute atomic E-state index is 0.198. The summed E-state index contributed by atoms with van der Waals surface area (Å²) in [4.78, 5) is 35.7. The highest BCUT2D eigenvalue weighted by molar-refractivity contribution is 6.12. The molecule has 8 heteroatoms. The number of carbonyl (C=O) groups is 3. The molecule has 4 aromatic rings. The summed E-state index contributed by atoms with van der Waals surface area (Å²) in [6, 6.07) is 17.5. The van der Waals surface area contributed by atoms with Crippen molar-refractivity contribution >= 4 is 40.8 Å². The summed E-state index contributed by atoms with van der Waals surface area (Å²) in [5, 5.41) is 19.1. The highest BCUT2D eigenvalue weighted by Gasteiger charge is 2.24. The summed E-state index contributed by atoms with van der Waals surface area (Å²) < 4.78 is 13.7. The van der Waals surface area contributed by atoms with E-state index < -0.39 is 11.9 Å². The first-order valence-electron chi connectivity index (χ1n) is 14.7. The number of aromatic nitrogens is 1. The maximum absolute atomic E-state index is 13.0. The maximum atomic E-state index is 13.0. The third kappa shape index (κ3) is 7.95. The number of aryl methyl sites for hydroxylation is 4. The summed E-state index contributed by atoms with van der Waals surface area (Å²) in [5.74, 6) is -0.778. The summed E-state index contributed by atoms with van der Waals surface area (Å²) in [5.41, 5.74) is 6.66. The molecule has 1 aromatic heterocycles. The lowest BCUT2D eigenvalue weighted by atomic mass is 10.00. The number of ether oxygens (including phenoxy) is 2. The highest BCUT2D eigenvalue weighted by atomic mass is 16.5. The number of ketones is 1. The lowest BCUT2D eigenvalue weighted by molar-refractivity contribution is -0.137. The van der Waals surface area contributed by atoms with Gasteiger partial charge in [-0.25, -0.2) is 0 Å². The van der Waals surface area contributed by atoms with Gasteiger partial charge in [0.05, 0.1) is 31.6 Å². The molecular weight excluding hydrogens is 558 g/mol. The number of nitrogens with zero attached hydrogens (tertiary/aromatic N) is 1. The molecule has 44 heavy (non-hydrogen) atoms. The average molecular weight is 598 g/mol. The Balaban J connectivity index is 1.39. The lowest BCUT2D eigenvalue weighted by Crippen LogP contribution is -2.11. The van der Waals surface area contributed by atoms with Gasteiger partial charge in [0.15, 0.2) is 5.78 Å². The monoisotopic (exact) mass is 597 g/mol. The van der Waals surface area contributed by atoms with Crippen LogP contribution < -0.4 is 9.47 Å². The molecule has 230 valence electrons. The number of benzene rings is 3. The van der Waals surface area contributed by atoms with Crippen LogP contribution in [0.3, 0.4) is 0 Å². The largest absolute Gasteiger partial charge is 0.494 e. The molecule has 4 rings (SSSR count). The van der Waals surface area contributed by atoms with E-state index >= 15 is 0 Å². The van der Waals surface area contributed by atoms with Crippen molar-refractivity contribution < 1.29 is 34.1 Å². The molecule has 0 aliphatic rings. The second kappa shape index (κ2) is 14.6. The van der Waals surface area contributed by atoms with Gasteiger partial charge in [-0.3, -0.25) is 14.4 Å². The van der Waals surface area contributed by atoms with Gasteiger partial charge >= 0.3 is 11.9 Å². The predicted molar refractivity (Wildman–Crippen MR) is 172 cm³/mol. The Kier molecular flexibility index (Phi) is 10.6. The van der Waals surface area contributed by atoms with Crippen molar-refractivity contribution in [2.45, 2.75) is 52.9 Å². The van der Waals surface area contributed by atoms with Crippen molar-refractivity contribution in [1.29, 1.82) is 0 Å². The van der Waals surface area contributed by atoms with Gasteiger partial charge in [-0.2, -0.15) is 0 Å². The summed E-state index contributed by atoms with van der Waals surface area (Å²) in [7, 11) is 1.73. The van der Waals surface area contributed by atoms with Gasteiger partial charge in [0, 0.05) is 30.1 Å². The number of Topliss-reactive ketones (excluding diaryl/α,β-unsaturated/α-hetero) is 1. The van der Waals surface area contributed by atoms with Crippen molar-refractivity contribution in [3.05, 3.63) is 93.7 Å². The molecular formula is C36H39NO7. The molecule has 0 radical (unpaired) electrons. The van der Waals surface area contributed by atoms with Crippen molar-refractivity contribution in [1.82, 2.24) is 4.57 Å². The minimum Gasteiger partial charge on any atom is -0.494 e. The smallest absolute Gasteiger partial charge is 0.309 e. The molecule has 0 spiro atoms. The number of carboxylic acids is 2. The van der Waals surface area contributed by atoms with E-state index in [0.29, 0.717) is 24.3 Å². The third-order valence-corrected chi connectivity index (χ3v) is 7.52. The van der Waals surface area contributed by atoms with Gasteiger partial charge in [-0.1, -0.05) is 60.2 Å². The van der Waals surface area contributed by atoms with E-state index in [2.05, 4.69) is 32.9 Å². The quantitative estimate of drug-likeness (QED) is 0.0847. The van der Waals surface area contributed by atoms with E-state index in [1.165, 1.54) is 5.56 Å². The molecule has 0 saturated carbocycles. The van der Waals surface area contributed by atoms with Gasteiger partial charge in [0.1, 0.15) is 11.5 Å². The number of para-hydroxylation sites is 1. The van der Waals surface area contributed by atoms with Crippen molar-refractivity contribution in [2.24, 2.45) is 7.05 Å². The zero-order chi connectivity index (χ0) is 31.8. The van der Waals surface area contributed by atoms with Crippen LogP contribution in [0.25, 0.3) is 23.1 Å². The van der Waals surface area contributed by atoms with Crippen LogP contribution in [0.15, 0.2) is 54.6 Å². The first-order chi connectivity index (χ1) is 21.0. The molecule has 0 saturated heterocycles. The van der Waals surface area contributed by atoms with E-state index in [1.54, 1.807) is 17.7 Å².